The van der Waals surface area contributed by atoms with Crippen molar-refractivity contribution in [3.63, 3.8) is 0 Å². The zero-order chi connectivity index (χ0) is 26.2. The van der Waals surface area contributed by atoms with E-state index in [2.05, 4.69) is 0 Å². The van der Waals surface area contributed by atoms with Gasteiger partial charge in [-0.25, -0.2) is 8.78 Å². The van der Waals surface area contributed by atoms with Gasteiger partial charge in [-0.2, -0.15) is 0 Å². The van der Waals surface area contributed by atoms with Crippen LogP contribution in [0.15, 0.2) is 23.8 Å². The molecule has 5 rings (SSSR count). The van der Waals surface area contributed by atoms with E-state index in [0.29, 0.717) is 12.2 Å². The van der Waals surface area contributed by atoms with Crippen LogP contribution in [0.1, 0.15) is 67.7 Å². The van der Waals surface area contributed by atoms with Crippen molar-refractivity contribution >= 4 is 22.7 Å². The van der Waals surface area contributed by atoms with E-state index in [9.17, 15) is 14.7 Å². The van der Waals surface area contributed by atoms with Gasteiger partial charge in [0.2, 0.25) is 5.12 Å². The number of hydrogen-bond donors (Lipinski definition) is 1. The Morgan fingerprint density at radius 2 is 1.86 bits per heavy atom. The van der Waals surface area contributed by atoms with Gasteiger partial charge in [0.25, 0.3) is 0 Å². The summed E-state index contributed by atoms with van der Waals surface area (Å²) >= 11 is 1.15. The number of ketones is 1. The molecule has 4 aliphatic carbocycles. The standard InChI is InChI=1S/C25H32F2O5S.C2H6/c1-6-33-20(30)25-19(31-21(2,3)32-25)11-14-15-10-17(26)16-9-13(28)7-8-22(16,4)24(15,27)18(29)12-23(14,25)5;1-2/h7-9,14-15,17-19,29H,6,10-12H2,1-5H3;1-2H3/t14-,15-,17-,18-,19+,22-,23-,24-,25-;/m0./s1. The Kier molecular flexibility index (Phi) is 6.52. The Balaban J connectivity index is 0.00000141. The molecule has 0 radical (unpaired) electrons. The van der Waals surface area contributed by atoms with Crippen molar-refractivity contribution in [1.29, 1.82) is 0 Å². The molecule has 0 unspecified atom stereocenters. The molecule has 1 N–H and O–H groups in total. The maximum atomic E-state index is 17.3. The van der Waals surface area contributed by atoms with Crippen LogP contribution >= 0.6 is 11.8 Å². The average Bonchev–Trinajstić information content (AvgIpc) is 3.20. The molecule has 0 amide bonds. The number of fused-ring (bicyclic) bond motifs is 7. The van der Waals surface area contributed by atoms with Crippen LogP contribution in [0.25, 0.3) is 0 Å². The van der Waals surface area contributed by atoms with E-state index in [1.807, 2.05) is 27.7 Å². The predicted molar refractivity (Wildman–Crippen MR) is 131 cm³/mol. The van der Waals surface area contributed by atoms with E-state index in [1.54, 1.807) is 20.8 Å². The highest BCUT2D eigenvalue weighted by Crippen LogP contribution is 2.72. The molecule has 5 aliphatic rings. The molecule has 1 aliphatic heterocycles. The van der Waals surface area contributed by atoms with Gasteiger partial charge in [-0.15, -0.1) is 0 Å². The molecule has 0 aromatic rings. The molecule has 35 heavy (non-hydrogen) atoms. The van der Waals surface area contributed by atoms with Crippen LogP contribution < -0.4 is 0 Å². The second kappa shape index (κ2) is 8.47. The lowest BCUT2D eigenvalue weighted by Crippen LogP contribution is -2.70. The Hall–Kier alpha value is -1.09. The van der Waals surface area contributed by atoms with Gasteiger partial charge in [-0.1, -0.05) is 45.5 Å². The molecule has 1 saturated heterocycles. The first-order valence-corrected chi connectivity index (χ1v) is 13.8. The number of ether oxygens (including phenoxy) is 2. The fourth-order valence-corrected chi connectivity index (χ4v) is 8.77. The van der Waals surface area contributed by atoms with Crippen LogP contribution in [0.5, 0.6) is 0 Å². The molecule has 4 fully saturated rings. The highest BCUT2D eigenvalue weighted by atomic mass is 32.2. The SMILES string of the molecule is CC.CCSC(=O)[C@@]12OC(C)(C)O[C@@H]1C[C@H]1[C@@H]3C[C@H](F)C4=CC(=O)C=C[C@]4(C)[C@@]3(F)[C@@H](O)C[C@@]12C. The Labute approximate surface area is 211 Å². The first-order valence-electron chi connectivity index (χ1n) is 12.8. The average molecular weight is 513 g/mol. The summed E-state index contributed by atoms with van der Waals surface area (Å²) in [5.41, 5.74) is -5.81. The van der Waals surface area contributed by atoms with Gasteiger partial charge in [-0.3, -0.25) is 9.59 Å². The largest absolute Gasteiger partial charge is 0.390 e. The lowest BCUT2D eigenvalue weighted by atomic mass is 9.44. The van der Waals surface area contributed by atoms with Gasteiger partial charge >= 0.3 is 0 Å². The van der Waals surface area contributed by atoms with E-state index in [-0.39, 0.29) is 29.3 Å². The molecule has 0 spiro atoms. The lowest BCUT2D eigenvalue weighted by Gasteiger charge is -2.63. The topological polar surface area (TPSA) is 72.8 Å². The molecule has 3 saturated carbocycles. The minimum atomic E-state index is -2.18. The molecule has 196 valence electrons. The minimum absolute atomic E-state index is 0.0156. The van der Waals surface area contributed by atoms with Crippen LogP contribution in [-0.2, 0) is 19.1 Å². The number of allylic oxidation sites excluding steroid dienone is 4. The maximum Gasteiger partial charge on any atom is 0.224 e. The zero-order valence-corrected chi connectivity index (χ0v) is 22.5. The van der Waals surface area contributed by atoms with Crippen molar-refractivity contribution in [3.05, 3.63) is 23.8 Å². The van der Waals surface area contributed by atoms with E-state index >= 15 is 8.78 Å². The molecule has 5 nitrogen and oxygen atoms in total. The maximum absolute atomic E-state index is 17.3. The van der Waals surface area contributed by atoms with Crippen molar-refractivity contribution in [2.24, 2.45) is 22.7 Å². The second-order valence-corrected chi connectivity index (χ2v) is 12.4. The number of halogens is 2. The number of aliphatic hydroxyl groups excluding tert-OH is 1. The Bertz CT molecular complexity index is 981. The quantitative estimate of drug-likeness (QED) is 0.554. The van der Waals surface area contributed by atoms with Crippen LogP contribution in [0, 0.1) is 22.7 Å². The summed E-state index contributed by atoms with van der Waals surface area (Å²) in [5, 5.41) is 11.3. The van der Waals surface area contributed by atoms with Gasteiger partial charge in [0.05, 0.1) is 12.2 Å². The minimum Gasteiger partial charge on any atom is -0.390 e. The summed E-state index contributed by atoms with van der Waals surface area (Å²) < 4.78 is 45.4. The van der Waals surface area contributed by atoms with Gasteiger partial charge < -0.3 is 14.6 Å². The van der Waals surface area contributed by atoms with Crippen molar-refractivity contribution in [1.82, 2.24) is 0 Å². The van der Waals surface area contributed by atoms with E-state index in [4.69, 9.17) is 9.47 Å². The Morgan fingerprint density at radius 3 is 2.49 bits per heavy atom. The number of hydrogen-bond acceptors (Lipinski definition) is 6. The molecular weight excluding hydrogens is 474 g/mol. The molecule has 1 heterocycles. The summed E-state index contributed by atoms with van der Waals surface area (Å²) in [4.78, 5) is 25.6. The smallest absolute Gasteiger partial charge is 0.224 e. The fraction of sp³-hybridized carbons (Fsp3) is 0.778. The lowest BCUT2D eigenvalue weighted by molar-refractivity contribution is -0.246. The predicted octanol–water partition coefficient (Wildman–Crippen LogP) is 5.11. The van der Waals surface area contributed by atoms with Crippen molar-refractivity contribution in [2.75, 3.05) is 5.75 Å². The molecule has 0 aromatic heterocycles. The summed E-state index contributed by atoms with van der Waals surface area (Å²) in [6.45, 7) is 12.8. The number of alkyl halides is 2. The van der Waals surface area contributed by atoms with Crippen molar-refractivity contribution in [2.45, 2.75) is 103 Å². The zero-order valence-electron chi connectivity index (χ0n) is 21.7. The van der Waals surface area contributed by atoms with Crippen molar-refractivity contribution < 1.29 is 33.0 Å². The third kappa shape index (κ3) is 3.28. The molecule has 0 bridgehead atoms. The Morgan fingerprint density at radius 1 is 1.20 bits per heavy atom. The third-order valence-electron chi connectivity index (χ3n) is 9.20. The normalized spacial score (nSPS) is 49.1. The number of thioether (sulfide) groups is 1. The number of rotatable bonds is 2. The fourth-order valence-electron chi connectivity index (χ4n) is 7.89. The van der Waals surface area contributed by atoms with Gasteiger partial charge in [0.15, 0.2) is 22.8 Å². The van der Waals surface area contributed by atoms with Crippen molar-refractivity contribution in [3.8, 4) is 0 Å². The van der Waals surface area contributed by atoms with E-state index in [0.717, 1.165) is 11.8 Å². The van der Waals surface area contributed by atoms with Gasteiger partial charge in [-0.05, 0) is 69.4 Å². The van der Waals surface area contributed by atoms with E-state index in [1.165, 1.54) is 18.2 Å². The molecule has 8 heteroatoms. The monoisotopic (exact) mass is 512 g/mol. The summed E-state index contributed by atoms with van der Waals surface area (Å²) in [6, 6.07) is 0. The highest BCUT2D eigenvalue weighted by molar-refractivity contribution is 8.13. The first kappa shape index (κ1) is 27.0. The first-order chi connectivity index (χ1) is 16.3. The van der Waals surface area contributed by atoms with Crippen LogP contribution in [0.2, 0.25) is 0 Å². The van der Waals surface area contributed by atoms with E-state index < -0.39 is 58.1 Å². The van der Waals surface area contributed by atoms with Crippen LogP contribution in [-0.4, -0.2) is 57.2 Å². The van der Waals surface area contributed by atoms with Crippen LogP contribution in [0.3, 0.4) is 0 Å². The summed E-state index contributed by atoms with van der Waals surface area (Å²) in [6.07, 6.45) is 0.474. The van der Waals surface area contributed by atoms with Crippen LogP contribution in [0.4, 0.5) is 8.78 Å². The highest BCUT2D eigenvalue weighted by Gasteiger charge is 2.80. The number of aliphatic hydroxyl groups is 1. The third-order valence-corrected chi connectivity index (χ3v) is 10.1. The molecule has 9 atom stereocenters. The molecule has 0 aromatic carbocycles. The van der Waals surface area contributed by atoms with Gasteiger partial charge in [0.1, 0.15) is 6.17 Å². The van der Waals surface area contributed by atoms with Gasteiger partial charge in [0, 0.05) is 16.7 Å². The second-order valence-electron chi connectivity index (χ2n) is 11.2. The molecular formula is C27H38F2O5S. The number of carbonyl (C=O) groups excluding carboxylic acids is 2. The summed E-state index contributed by atoms with van der Waals surface area (Å²) in [7, 11) is 0. The number of carbonyl (C=O) groups is 2. The summed E-state index contributed by atoms with van der Waals surface area (Å²) in [5.74, 6) is -2.12.